The fourth-order valence-electron chi connectivity index (χ4n) is 2.54. The number of carbonyl (C=O) groups excluding carboxylic acids is 2. The molecule has 2 rings (SSSR count). The maximum absolute atomic E-state index is 11.9. The molecule has 22 heavy (non-hydrogen) atoms. The Balaban J connectivity index is 1.73. The van der Waals surface area contributed by atoms with E-state index in [0.29, 0.717) is 13.1 Å². The average Bonchev–Trinajstić information content (AvgIpc) is 2.91. The largest absolute Gasteiger partial charge is 0.488 e. The first kappa shape index (κ1) is 16.1. The van der Waals surface area contributed by atoms with Gasteiger partial charge in [-0.2, -0.15) is 0 Å². The number of carbonyl (C=O) groups is 2. The molecule has 120 valence electrons. The average molecular weight is 305 g/mol. The smallest absolute Gasteiger partial charge is 0.315 e. The van der Waals surface area contributed by atoms with Crippen molar-refractivity contribution in [3.63, 3.8) is 0 Å². The number of urea groups is 1. The Morgan fingerprint density at radius 1 is 1.14 bits per heavy atom. The molecule has 2 atom stereocenters. The molecule has 0 aliphatic heterocycles. The van der Waals surface area contributed by atoms with Gasteiger partial charge in [-0.05, 0) is 31.4 Å². The minimum Gasteiger partial charge on any atom is -0.488 e. The van der Waals surface area contributed by atoms with Crippen LogP contribution in [0.4, 0.5) is 4.79 Å². The number of ether oxygens (including phenoxy) is 1. The quantitative estimate of drug-likeness (QED) is 0.696. The molecule has 6 nitrogen and oxygen atoms in total. The van der Waals surface area contributed by atoms with Crippen LogP contribution in [0.3, 0.4) is 0 Å². The lowest BCUT2D eigenvalue weighted by atomic mass is 10.2. The second-order valence-corrected chi connectivity index (χ2v) is 5.39. The molecule has 1 aliphatic carbocycles. The third-order valence-electron chi connectivity index (χ3n) is 3.58. The molecular formula is C16H23N3O3. The third kappa shape index (κ3) is 5.27. The highest BCUT2D eigenvalue weighted by Crippen LogP contribution is 2.24. The van der Waals surface area contributed by atoms with Crippen LogP contribution < -0.4 is 20.7 Å². The summed E-state index contributed by atoms with van der Waals surface area (Å²) >= 11 is 0. The van der Waals surface area contributed by atoms with E-state index in [1.165, 1.54) is 6.92 Å². The molecule has 0 heterocycles. The third-order valence-corrected chi connectivity index (χ3v) is 3.58. The molecule has 0 spiro atoms. The summed E-state index contributed by atoms with van der Waals surface area (Å²) in [5, 5.41) is 8.31. The van der Waals surface area contributed by atoms with Crippen LogP contribution in [-0.4, -0.2) is 37.2 Å². The molecule has 1 aromatic rings. The summed E-state index contributed by atoms with van der Waals surface area (Å²) in [4.78, 5) is 22.6. The SMILES string of the molecule is CC(=O)NCCNC(=O)N[C@@H]1CCC[C@H]1Oc1ccccc1. The van der Waals surface area contributed by atoms with Gasteiger partial charge in [-0.25, -0.2) is 4.79 Å². The van der Waals surface area contributed by atoms with E-state index < -0.39 is 0 Å². The van der Waals surface area contributed by atoms with Gasteiger partial charge in [0.15, 0.2) is 0 Å². The van der Waals surface area contributed by atoms with Crippen molar-refractivity contribution < 1.29 is 14.3 Å². The number of hydrogen-bond acceptors (Lipinski definition) is 3. The Hall–Kier alpha value is -2.24. The van der Waals surface area contributed by atoms with E-state index in [0.717, 1.165) is 25.0 Å². The van der Waals surface area contributed by atoms with Crippen LogP contribution in [0.1, 0.15) is 26.2 Å². The first-order chi connectivity index (χ1) is 10.6. The van der Waals surface area contributed by atoms with Gasteiger partial charge in [-0.15, -0.1) is 0 Å². The van der Waals surface area contributed by atoms with Crippen LogP contribution in [0.2, 0.25) is 0 Å². The van der Waals surface area contributed by atoms with Gasteiger partial charge >= 0.3 is 6.03 Å². The predicted octanol–water partition coefficient (Wildman–Crippen LogP) is 1.42. The normalized spacial score (nSPS) is 20.2. The topological polar surface area (TPSA) is 79.5 Å². The molecule has 0 unspecified atom stereocenters. The maximum Gasteiger partial charge on any atom is 0.315 e. The van der Waals surface area contributed by atoms with E-state index in [4.69, 9.17) is 4.74 Å². The summed E-state index contributed by atoms with van der Waals surface area (Å²) in [5.41, 5.74) is 0. The maximum atomic E-state index is 11.9. The van der Waals surface area contributed by atoms with Crippen LogP contribution >= 0.6 is 0 Å². The van der Waals surface area contributed by atoms with Crippen molar-refractivity contribution in [2.75, 3.05) is 13.1 Å². The molecule has 0 saturated heterocycles. The Bertz CT molecular complexity index is 493. The van der Waals surface area contributed by atoms with Crippen molar-refractivity contribution in [3.8, 4) is 5.75 Å². The lowest BCUT2D eigenvalue weighted by Gasteiger charge is -2.22. The zero-order valence-electron chi connectivity index (χ0n) is 12.8. The molecule has 0 aromatic heterocycles. The van der Waals surface area contributed by atoms with E-state index in [2.05, 4.69) is 16.0 Å². The lowest BCUT2D eigenvalue weighted by Crippen LogP contribution is -2.48. The Kier molecular flexibility index (Phi) is 6.06. The van der Waals surface area contributed by atoms with Crippen LogP contribution in [0, 0.1) is 0 Å². The van der Waals surface area contributed by atoms with Gasteiger partial charge in [0, 0.05) is 20.0 Å². The zero-order chi connectivity index (χ0) is 15.8. The molecular weight excluding hydrogens is 282 g/mol. The van der Waals surface area contributed by atoms with E-state index in [1.807, 2.05) is 30.3 Å². The Morgan fingerprint density at radius 2 is 1.86 bits per heavy atom. The molecule has 3 amide bonds. The number of amides is 3. The van der Waals surface area contributed by atoms with Crippen LogP contribution in [0.15, 0.2) is 30.3 Å². The van der Waals surface area contributed by atoms with Gasteiger partial charge in [0.25, 0.3) is 0 Å². The van der Waals surface area contributed by atoms with Crippen molar-refractivity contribution in [1.29, 1.82) is 0 Å². The van der Waals surface area contributed by atoms with Gasteiger partial charge in [0.05, 0.1) is 6.04 Å². The van der Waals surface area contributed by atoms with Crippen molar-refractivity contribution in [2.24, 2.45) is 0 Å². The van der Waals surface area contributed by atoms with E-state index >= 15 is 0 Å². The molecule has 1 fully saturated rings. The molecule has 3 N–H and O–H groups in total. The molecule has 0 radical (unpaired) electrons. The minimum absolute atomic E-state index is 0.00324. The van der Waals surface area contributed by atoms with Gasteiger partial charge in [0.2, 0.25) is 5.91 Å². The summed E-state index contributed by atoms with van der Waals surface area (Å²) in [6.45, 7) is 2.28. The monoisotopic (exact) mass is 305 g/mol. The molecule has 0 bridgehead atoms. The second-order valence-electron chi connectivity index (χ2n) is 5.39. The van der Waals surface area contributed by atoms with Gasteiger partial charge < -0.3 is 20.7 Å². The van der Waals surface area contributed by atoms with Crippen LogP contribution in [0.25, 0.3) is 0 Å². The molecule has 1 aromatic carbocycles. The lowest BCUT2D eigenvalue weighted by molar-refractivity contribution is -0.118. The number of rotatable bonds is 6. The van der Waals surface area contributed by atoms with Crippen molar-refractivity contribution >= 4 is 11.9 Å². The number of hydrogen-bond donors (Lipinski definition) is 3. The summed E-state index contributed by atoms with van der Waals surface area (Å²) in [5.74, 6) is 0.724. The Labute approximate surface area is 130 Å². The minimum atomic E-state index is -0.223. The van der Waals surface area contributed by atoms with Crippen LogP contribution in [-0.2, 0) is 4.79 Å². The number of para-hydroxylation sites is 1. The van der Waals surface area contributed by atoms with E-state index in [-0.39, 0.29) is 24.1 Å². The number of nitrogens with one attached hydrogen (secondary N) is 3. The summed E-state index contributed by atoms with van der Waals surface area (Å²) in [7, 11) is 0. The van der Waals surface area contributed by atoms with E-state index in [1.54, 1.807) is 0 Å². The fourth-order valence-corrected chi connectivity index (χ4v) is 2.54. The summed E-state index contributed by atoms with van der Waals surface area (Å²) in [6, 6.07) is 9.44. The molecule has 1 aliphatic rings. The van der Waals surface area contributed by atoms with Gasteiger partial charge in [-0.3, -0.25) is 4.79 Å². The van der Waals surface area contributed by atoms with Crippen molar-refractivity contribution in [2.45, 2.75) is 38.3 Å². The first-order valence-corrected chi connectivity index (χ1v) is 7.65. The van der Waals surface area contributed by atoms with Crippen molar-refractivity contribution in [3.05, 3.63) is 30.3 Å². The Morgan fingerprint density at radius 3 is 2.59 bits per heavy atom. The molecule has 6 heteroatoms. The highest BCUT2D eigenvalue weighted by Gasteiger charge is 2.30. The summed E-state index contributed by atoms with van der Waals surface area (Å²) < 4.78 is 5.95. The van der Waals surface area contributed by atoms with Crippen molar-refractivity contribution in [1.82, 2.24) is 16.0 Å². The second kappa shape index (κ2) is 8.26. The predicted molar refractivity (Wildman–Crippen MR) is 83.7 cm³/mol. The highest BCUT2D eigenvalue weighted by molar-refractivity contribution is 5.75. The van der Waals surface area contributed by atoms with Crippen LogP contribution in [0.5, 0.6) is 5.75 Å². The van der Waals surface area contributed by atoms with E-state index in [9.17, 15) is 9.59 Å². The molecule has 1 saturated carbocycles. The standard InChI is InChI=1S/C16H23N3O3/c1-12(20)17-10-11-18-16(21)19-14-8-5-9-15(14)22-13-6-3-2-4-7-13/h2-4,6-7,14-15H,5,8-11H2,1H3,(H,17,20)(H2,18,19,21)/t14-,15-/m1/s1. The number of benzene rings is 1. The first-order valence-electron chi connectivity index (χ1n) is 7.65. The zero-order valence-corrected chi connectivity index (χ0v) is 12.8. The summed E-state index contributed by atoms with van der Waals surface area (Å²) in [6.07, 6.45) is 2.89. The van der Waals surface area contributed by atoms with Gasteiger partial charge in [-0.1, -0.05) is 18.2 Å². The fraction of sp³-hybridized carbons (Fsp3) is 0.500. The van der Waals surface area contributed by atoms with Gasteiger partial charge in [0.1, 0.15) is 11.9 Å². The highest BCUT2D eigenvalue weighted by atomic mass is 16.5.